The lowest BCUT2D eigenvalue weighted by Gasteiger charge is -2.26. The number of halogens is 2. The first-order chi connectivity index (χ1) is 21.7. The minimum Gasteiger partial charge on any atom is -0.493 e. The van der Waals surface area contributed by atoms with Gasteiger partial charge in [-0.3, -0.25) is 14.2 Å². The molecule has 0 unspecified atom stereocenters. The van der Waals surface area contributed by atoms with Gasteiger partial charge < -0.3 is 19.1 Å². The molecule has 0 bridgehead atoms. The van der Waals surface area contributed by atoms with Crippen LogP contribution in [-0.4, -0.2) is 37.3 Å². The van der Waals surface area contributed by atoms with E-state index in [4.69, 9.17) is 19.2 Å². The molecule has 0 aliphatic carbocycles. The summed E-state index contributed by atoms with van der Waals surface area (Å²) >= 11 is 8.29. The Morgan fingerprint density at radius 3 is 2.40 bits per heavy atom. The second-order valence-electron chi connectivity index (χ2n) is 10.3. The van der Waals surface area contributed by atoms with Crippen molar-refractivity contribution in [2.24, 2.45) is 4.99 Å². The number of ether oxygens (including phenoxy) is 3. The van der Waals surface area contributed by atoms with Gasteiger partial charge in [0.05, 0.1) is 55.9 Å². The van der Waals surface area contributed by atoms with Crippen LogP contribution in [0, 0.1) is 0 Å². The monoisotopic (exact) mass is 751 g/mol. The third kappa shape index (κ3) is 5.34. The zero-order valence-corrected chi connectivity index (χ0v) is 28.7. The number of carbonyl (C=O) groups is 2. The SMILES string of the molecule is CCOC(=O)C1=C(C)N=c2s/c(=C3\C(=O)N(Cc4ccccc4)c4ccc(Br)cc43)c(=O)n2[C@@H]1c1cc(OC)c(OC)cc1Br. The fourth-order valence-electron chi connectivity index (χ4n) is 5.66. The molecule has 4 aromatic rings. The Kier molecular flexibility index (Phi) is 8.55. The van der Waals surface area contributed by atoms with Gasteiger partial charge in [0.15, 0.2) is 16.3 Å². The number of thiazole rings is 1. The molecule has 0 fully saturated rings. The lowest BCUT2D eigenvalue weighted by molar-refractivity contribution is -0.139. The third-order valence-corrected chi connectivity index (χ3v) is 9.91. The summed E-state index contributed by atoms with van der Waals surface area (Å²) in [6, 6.07) is 17.8. The Morgan fingerprint density at radius 2 is 1.71 bits per heavy atom. The molecule has 1 amide bonds. The number of aromatic nitrogens is 1. The van der Waals surface area contributed by atoms with Crippen molar-refractivity contribution in [3.05, 3.63) is 117 Å². The lowest BCUT2D eigenvalue weighted by Crippen LogP contribution is -2.41. The van der Waals surface area contributed by atoms with Crippen molar-refractivity contribution in [2.75, 3.05) is 25.7 Å². The summed E-state index contributed by atoms with van der Waals surface area (Å²) in [5.74, 6) is 0.00391. The quantitative estimate of drug-likeness (QED) is 0.239. The van der Waals surface area contributed by atoms with E-state index in [1.54, 1.807) is 30.9 Å². The second kappa shape index (κ2) is 12.4. The highest BCUT2D eigenvalue weighted by atomic mass is 79.9. The average Bonchev–Trinajstić information content (AvgIpc) is 3.48. The molecule has 0 radical (unpaired) electrons. The average molecular weight is 753 g/mol. The van der Waals surface area contributed by atoms with Gasteiger partial charge in [0.2, 0.25) is 0 Å². The number of methoxy groups -OCH3 is 2. The summed E-state index contributed by atoms with van der Waals surface area (Å²) in [7, 11) is 3.04. The molecule has 45 heavy (non-hydrogen) atoms. The van der Waals surface area contributed by atoms with E-state index in [-0.39, 0.29) is 28.2 Å². The van der Waals surface area contributed by atoms with Crippen molar-refractivity contribution in [1.82, 2.24) is 4.57 Å². The smallest absolute Gasteiger partial charge is 0.338 e. The van der Waals surface area contributed by atoms with Crippen LogP contribution in [-0.2, 0) is 20.9 Å². The van der Waals surface area contributed by atoms with Gasteiger partial charge in [-0.2, -0.15) is 0 Å². The van der Waals surface area contributed by atoms with E-state index in [9.17, 15) is 14.4 Å². The third-order valence-electron chi connectivity index (χ3n) is 7.68. The van der Waals surface area contributed by atoms with Crippen molar-refractivity contribution in [3.8, 4) is 11.5 Å². The van der Waals surface area contributed by atoms with Gasteiger partial charge >= 0.3 is 5.97 Å². The molecule has 0 saturated carbocycles. The van der Waals surface area contributed by atoms with Gasteiger partial charge in [0.1, 0.15) is 4.53 Å². The molecule has 3 aromatic carbocycles. The number of rotatable bonds is 7. The number of carbonyl (C=O) groups excluding carboxylic acids is 2. The predicted molar refractivity (Wildman–Crippen MR) is 178 cm³/mol. The van der Waals surface area contributed by atoms with E-state index in [2.05, 4.69) is 31.9 Å². The number of benzene rings is 3. The van der Waals surface area contributed by atoms with Crippen molar-refractivity contribution in [2.45, 2.75) is 26.4 Å². The number of esters is 1. The van der Waals surface area contributed by atoms with Crippen LogP contribution in [0.2, 0.25) is 0 Å². The van der Waals surface area contributed by atoms with Crippen LogP contribution in [0.15, 0.2) is 90.7 Å². The minimum absolute atomic E-state index is 0.140. The van der Waals surface area contributed by atoms with Gasteiger partial charge in [-0.1, -0.05) is 73.5 Å². The van der Waals surface area contributed by atoms with E-state index in [1.807, 2.05) is 48.5 Å². The second-order valence-corrected chi connectivity index (χ2v) is 13.0. The summed E-state index contributed by atoms with van der Waals surface area (Å²) in [6.45, 7) is 3.91. The van der Waals surface area contributed by atoms with Crippen LogP contribution in [0.3, 0.4) is 0 Å². The molecule has 2 aliphatic rings. The molecule has 1 aromatic heterocycles. The highest BCUT2D eigenvalue weighted by molar-refractivity contribution is 9.10. The molecular formula is C33H27Br2N3O6S. The van der Waals surface area contributed by atoms with Crippen LogP contribution in [0.25, 0.3) is 5.57 Å². The first-order valence-corrected chi connectivity index (χ1v) is 16.4. The van der Waals surface area contributed by atoms with Crippen molar-refractivity contribution < 1.29 is 23.8 Å². The van der Waals surface area contributed by atoms with E-state index >= 15 is 0 Å². The zero-order chi connectivity index (χ0) is 32.0. The molecule has 0 spiro atoms. The van der Waals surface area contributed by atoms with Crippen LogP contribution in [0.1, 0.15) is 36.6 Å². The maximum Gasteiger partial charge on any atom is 0.338 e. The number of hydrogen-bond acceptors (Lipinski definition) is 8. The summed E-state index contributed by atoms with van der Waals surface area (Å²) in [4.78, 5) is 48.9. The maximum absolute atomic E-state index is 14.6. The number of hydrogen-bond donors (Lipinski definition) is 0. The molecule has 12 heteroatoms. The fraction of sp³-hybridized carbons (Fsp3) is 0.212. The van der Waals surface area contributed by atoms with Crippen molar-refractivity contribution in [1.29, 1.82) is 0 Å². The Morgan fingerprint density at radius 1 is 1.00 bits per heavy atom. The Hall–Kier alpha value is -4.00. The van der Waals surface area contributed by atoms with Crippen LogP contribution < -0.4 is 29.3 Å². The summed E-state index contributed by atoms with van der Waals surface area (Å²) in [6.07, 6.45) is 0. The Balaban J connectivity index is 1.63. The molecular weight excluding hydrogens is 726 g/mol. The molecule has 0 saturated heterocycles. The number of amides is 1. The summed E-state index contributed by atoms with van der Waals surface area (Å²) in [5.41, 5.74) is 3.32. The predicted octanol–water partition coefficient (Wildman–Crippen LogP) is 5.26. The first-order valence-electron chi connectivity index (χ1n) is 14.0. The van der Waals surface area contributed by atoms with Crippen molar-refractivity contribution >= 4 is 66.3 Å². The highest BCUT2D eigenvalue weighted by Gasteiger charge is 2.38. The summed E-state index contributed by atoms with van der Waals surface area (Å²) < 4.78 is 19.5. The first kappa shape index (κ1) is 31.0. The van der Waals surface area contributed by atoms with Crippen molar-refractivity contribution in [3.63, 3.8) is 0 Å². The number of fused-ring (bicyclic) bond motifs is 2. The van der Waals surface area contributed by atoms with E-state index in [1.165, 1.54) is 18.8 Å². The van der Waals surface area contributed by atoms with Gasteiger partial charge in [-0.15, -0.1) is 0 Å². The van der Waals surface area contributed by atoms with E-state index < -0.39 is 17.6 Å². The van der Waals surface area contributed by atoms with Gasteiger partial charge in [-0.25, -0.2) is 9.79 Å². The van der Waals surface area contributed by atoms with Gasteiger partial charge in [0.25, 0.3) is 11.5 Å². The molecule has 1 atom stereocenters. The fourth-order valence-corrected chi connectivity index (χ4v) is 7.70. The van der Waals surface area contributed by atoms with Crippen LogP contribution in [0.4, 0.5) is 5.69 Å². The largest absolute Gasteiger partial charge is 0.493 e. The van der Waals surface area contributed by atoms with E-state index in [0.29, 0.717) is 49.8 Å². The summed E-state index contributed by atoms with van der Waals surface area (Å²) in [5, 5.41) is 0. The normalized spacial score (nSPS) is 16.7. The van der Waals surface area contributed by atoms with Crippen LogP contribution >= 0.6 is 43.2 Å². The number of anilines is 1. The molecule has 230 valence electrons. The molecule has 3 heterocycles. The minimum atomic E-state index is -0.928. The standard InChI is InChI=1S/C33H27Br2N3O6S/c1-5-44-32(41)26-17(2)36-33-38(28(26)20-14-24(42-3)25(43-4)15-22(20)35)31(40)29(45-33)27-21-13-19(34)11-12-23(21)37(30(27)39)16-18-9-7-6-8-10-18/h6-15,28H,5,16H2,1-4H3/b29-27-/t28-/m1/s1. The molecule has 0 N–H and O–H groups in total. The maximum atomic E-state index is 14.6. The van der Waals surface area contributed by atoms with Gasteiger partial charge in [0, 0.05) is 14.5 Å². The van der Waals surface area contributed by atoms with Crippen LogP contribution in [0.5, 0.6) is 11.5 Å². The number of allylic oxidation sites excluding steroid dienone is 1. The zero-order valence-electron chi connectivity index (χ0n) is 24.7. The Labute approximate surface area is 279 Å². The molecule has 6 rings (SSSR count). The van der Waals surface area contributed by atoms with Gasteiger partial charge in [-0.05, 0) is 55.3 Å². The number of nitrogens with zero attached hydrogens (tertiary/aromatic N) is 3. The topological polar surface area (TPSA) is 99.4 Å². The molecule has 2 aliphatic heterocycles. The lowest BCUT2D eigenvalue weighted by atomic mass is 9.95. The Bertz CT molecular complexity index is 2090. The molecule has 9 nitrogen and oxygen atoms in total. The highest BCUT2D eigenvalue weighted by Crippen LogP contribution is 2.41. The van der Waals surface area contributed by atoms with E-state index in [0.717, 1.165) is 21.4 Å².